The summed E-state index contributed by atoms with van der Waals surface area (Å²) < 4.78 is 5.28. The summed E-state index contributed by atoms with van der Waals surface area (Å²) in [5.74, 6) is 1.55. The lowest BCUT2D eigenvalue weighted by molar-refractivity contribution is 0.0724. The third-order valence-corrected chi connectivity index (χ3v) is 6.02. The molecule has 0 saturated carbocycles. The van der Waals surface area contributed by atoms with Crippen LogP contribution < -0.4 is 4.74 Å². The lowest BCUT2D eigenvalue weighted by atomic mass is 10.1. The van der Waals surface area contributed by atoms with Crippen LogP contribution in [0.5, 0.6) is 5.75 Å². The highest BCUT2D eigenvalue weighted by Gasteiger charge is 2.33. The second-order valence-electron chi connectivity index (χ2n) is 7.98. The van der Waals surface area contributed by atoms with Crippen molar-refractivity contribution in [3.05, 3.63) is 53.2 Å². The molecule has 2 aliphatic heterocycles. The molecule has 2 aromatic heterocycles. The molecule has 1 aromatic carbocycles. The topological polar surface area (TPSA) is 74.3 Å². The van der Waals surface area contributed by atoms with Gasteiger partial charge in [-0.2, -0.15) is 0 Å². The van der Waals surface area contributed by atoms with Crippen LogP contribution in [0.25, 0.3) is 10.9 Å². The molecule has 150 valence electrons. The smallest absolute Gasteiger partial charge is 0.270 e. The largest absolute Gasteiger partial charge is 0.497 e. The van der Waals surface area contributed by atoms with Crippen LogP contribution in [-0.2, 0) is 13.0 Å². The summed E-state index contributed by atoms with van der Waals surface area (Å²) in [5, 5.41) is 0.999. The number of likely N-dealkylation sites (tertiary alicyclic amines) is 1. The Morgan fingerprint density at radius 1 is 1.28 bits per heavy atom. The molecule has 1 amide bonds. The highest BCUT2D eigenvalue weighted by Crippen LogP contribution is 2.32. The Balaban J connectivity index is 1.42. The Labute approximate surface area is 169 Å². The van der Waals surface area contributed by atoms with Crippen molar-refractivity contribution in [2.75, 3.05) is 27.2 Å². The van der Waals surface area contributed by atoms with E-state index < -0.39 is 0 Å². The standard InChI is InChI=1S/C22H25N5O2/c1-26-9-7-17-15(13-26)12-23-21(25-17)20-4-3-8-27(20)22(28)19-10-14-5-6-16(29-2)11-18(14)24-19/h5-6,10-12,20,24H,3-4,7-9,13H2,1-2H3/t20-/m0/s1. The van der Waals surface area contributed by atoms with Gasteiger partial charge in [0.05, 0.1) is 13.2 Å². The first kappa shape index (κ1) is 18.1. The van der Waals surface area contributed by atoms with E-state index in [9.17, 15) is 4.79 Å². The Bertz CT molecular complexity index is 1080. The average Bonchev–Trinajstić information content (AvgIpc) is 3.39. The molecular formula is C22H25N5O2. The first-order valence-electron chi connectivity index (χ1n) is 10.1. The molecule has 1 atom stereocenters. The number of rotatable bonds is 3. The molecule has 0 bridgehead atoms. The monoisotopic (exact) mass is 391 g/mol. The number of H-pyrrole nitrogens is 1. The van der Waals surface area contributed by atoms with Crippen LogP contribution in [0.3, 0.4) is 0 Å². The van der Waals surface area contributed by atoms with E-state index >= 15 is 0 Å². The van der Waals surface area contributed by atoms with Crippen LogP contribution in [0, 0.1) is 0 Å². The van der Waals surface area contributed by atoms with E-state index in [2.05, 4.69) is 21.9 Å². The average molecular weight is 391 g/mol. The van der Waals surface area contributed by atoms with Gasteiger partial charge in [-0.3, -0.25) is 4.79 Å². The number of carbonyl (C=O) groups excluding carboxylic acids is 1. The maximum absolute atomic E-state index is 13.3. The summed E-state index contributed by atoms with van der Waals surface area (Å²) in [5.41, 5.74) is 3.82. The number of amides is 1. The van der Waals surface area contributed by atoms with Crippen molar-refractivity contribution < 1.29 is 9.53 Å². The number of carbonyl (C=O) groups is 1. The van der Waals surface area contributed by atoms with Gasteiger partial charge in [0, 0.05) is 60.5 Å². The lowest BCUT2D eigenvalue weighted by Crippen LogP contribution is -2.33. The molecule has 1 saturated heterocycles. The lowest BCUT2D eigenvalue weighted by Gasteiger charge is -2.27. The number of ether oxygens (including phenoxy) is 1. The highest BCUT2D eigenvalue weighted by molar-refractivity contribution is 5.98. The maximum Gasteiger partial charge on any atom is 0.270 e. The normalized spacial score (nSPS) is 19.5. The van der Waals surface area contributed by atoms with Crippen molar-refractivity contribution in [3.8, 4) is 5.75 Å². The predicted octanol–water partition coefficient (Wildman–Crippen LogP) is 2.93. The third kappa shape index (κ3) is 3.25. The van der Waals surface area contributed by atoms with Gasteiger partial charge in [0.15, 0.2) is 5.82 Å². The second-order valence-corrected chi connectivity index (χ2v) is 7.98. The summed E-state index contributed by atoms with van der Waals surface area (Å²) in [6.07, 6.45) is 4.75. The third-order valence-electron chi connectivity index (χ3n) is 6.02. The van der Waals surface area contributed by atoms with Crippen LogP contribution >= 0.6 is 0 Å². The zero-order valence-corrected chi connectivity index (χ0v) is 16.8. The quantitative estimate of drug-likeness (QED) is 0.743. The van der Waals surface area contributed by atoms with Crippen LogP contribution in [-0.4, -0.2) is 57.9 Å². The van der Waals surface area contributed by atoms with Gasteiger partial charge in [0.25, 0.3) is 5.91 Å². The molecule has 0 spiro atoms. The molecule has 4 heterocycles. The number of hydrogen-bond acceptors (Lipinski definition) is 5. The van der Waals surface area contributed by atoms with Gasteiger partial charge in [-0.15, -0.1) is 0 Å². The van der Waals surface area contributed by atoms with E-state index in [1.54, 1.807) is 7.11 Å². The van der Waals surface area contributed by atoms with Crippen molar-refractivity contribution >= 4 is 16.8 Å². The van der Waals surface area contributed by atoms with Gasteiger partial charge in [-0.05, 0) is 38.1 Å². The Morgan fingerprint density at radius 2 is 2.17 bits per heavy atom. The van der Waals surface area contributed by atoms with Crippen LogP contribution in [0.1, 0.15) is 46.5 Å². The molecule has 1 fully saturated rings. The number of methoxy groups -OCH3 is 1. The van der Waals surface area contributed by atoms with Gasteiger partial charge < -0.3 is 19.5 Å². The number of aromatic nitrogens is 3. The molecule has 0 radical (unpaired) electrons. The summed E-state index contributed by atoms with van der Waals surface area (Å²) >= 11 is 0. The fourth-order valence-electron chi connectivity index (χ4n) is 4.41. The van der Waals surface area contributed by atoms with E-state index in [0.717, 1.165) is 67.1 Å². The van der Waals surface area contributed by atoms with E-state index in [1.165, 1.54) is 5.56 Å². The number of likely N-dealkylation sites (N-methyl/N-ethyl adjacent to an activating group) is 1. The Kier molecular flexibility index (Phi) is 4.47. The number of hydrogen-bond donors (Lipinski definition) is 1. The molecule has 0 aliphatic carbocycles. The first-order valence-corrected chi connectivity index (χ1v) is 10.1. The van der Waals surface area contributed by atoms with Crippen LogP contribution in [0.2, 0.25) is 0 Å². The van der Waals surface area contributed by atoms with Gasteiger partial charge in [-0.1, -0.05) is 0 Å². The highest BCUT2D eigenvalue weighted by atomic mass is 16.5. The van der Waals surface area contributed by atoms with E-state index in [-0.39, 0.29) is 11.9 Å². The number of aromatic amines is 1. The molecule has 29 heavy (non-hydrogen) atoms. The molecule has 5 rings (SSSR count). The van der Waals surface area contributed by atoms with E-state index in [4.69, 9.17) is 9.72 Å². The van der Waals surface area contributed by atoms with Crippen LogP contribution in [0.4, 0.5) is 0 Å². The van der Waals surface area contributed by atoms with Gasteiger partial charge in [0.2, 0.25) is 0 Å². The zero-order chi connectivity index (χ0) is 20.0. The number of fused-ring (bicyclic) bond motifs is 2. The maximum atomic E-state index is 13.3. The fraction of sp³-hybridized carbons (Fsp3) is 0.409. The molecule has 3 aromatic rings. The molecule has 2 aliphatic rings. The van der Waals surface area contributed by atoms with Gasteiger partial charge >= 0.3 is 0 Å². The minimum Gasteiger partial charge on any atom is -0.497 e. The summed E-state index contributed by atoms with van der Waals surface area (Å²) in [4.78, 5) is 30.2. The van der Waals surface area contributed by atoms with Crippen molar-refractivity contribution in [2.45, 2.75) is 31.8 Å². The minimum atomic E-state index is -0.0617. The van der Waals surface area contributed by atoms with Crippen molar-refractivity contribution in [3.63, 3.8) is 0 Å². The molecule has 1 N–H and O–H groups in total. The van der Waals surface area contributed by atoms with Crippen molar-refractivity contribution in [1.82, 2.24) is 24.8 Å². The van der Waals surface area contributed by atoms with E-state index in [1.807, 2.05) is 35.4 Å². The Hall–Kier alpha value is -2.93. The SMILES string of the molecule is COc1ccc2cc(C(=O)N3CCC[C@H]3c3ncc4c(n3)CCN(C)C4)[nH]c2c1. The first-order chi connectivity index (χ1) is 14.1. The minimum absolute atomic E-state index is 0.00345. The molecular weight excluding hydrogens is 366 g/mol. The van der Waals surface area contributed by atoms with Gasteiger partial charge in [-0.25, -0.2) is 9.97 Å². The van der Waals surface area contributed by atoms with Crippen molar-refractivity contribution in [1.29, 1.82) is 0 Å². The fourth-order valence-corrected chi connectivity index (χ4v) is 4.41. The Morgan fingerprint density at radius 3 is 3.03 bits per heavy atom. The molecule has 0 unspecified atom stereocenters. The zero-order valence-electron chi connectivity index (χ0n) is 16.8. The molecule has 7 heteroatoms. The summed E-state index contributed by atoms with van der Waals surface area (Å²) in [6.45, 7) is 2.63. The van der Waals surface area contributed by atoms with Gasteiger partial charge in [0.1, 0.15) is 11.4 Å². The predicted molar refractivity (Wildman–Crippen MR) is 110 cm³/mol. The second kappa shape index (κ2) is 7.15. The van der Waals surface area contributed by atoms with Crippen molar-refractivity contribution in [2.24, 2.45) is 0 Å². The summed E-state index contributed by atoms with van der Waals surface area (Å²) in [6, 6.07) is 7.63. The van der Waals surface area contributed by atoms with E-state index in [0.29, 0.717) is 5.69 Å². The number of nitrogens with zero attached hydrogens (tertiary/aromatic N) is 4. The molecule has 7 nitrogen and oxygen atoms in total. The number of nitrogens with one attached hydrogen (secondary N) is 1. The summed E-state index contributed by atoms with van der Waals surface area (Å²) in [7, 11) is 3.76. The van der Waals surface area contributed by atoms with Crippen LogP contribution in [0.15, 0.2) is 30.5 Å². The number of benzene rings is 1.